The molecule has 2 aromatic carbocycles. The summed E-state index contributed by atoms with van der Waals surface area (Å²) in [7, 11) is 0. The van der Waals surface area contributed by atoms with Crippen LogP contribution in [0.4, 0.5) is 8.78 Å². The van der Waals surface area contributed by atoms with Crippen molar-refractivity contribution in [3.63, 3.8) is 0 Å². The van der Waals surface area contributed by atoms with Gasteiger partial charge in [0.15, 0.2) is 0 Å². The molecular weight excluding hydrogens is 530 g/mol. The standard InChI is InChI=1S/C31H40F2N4O4/c1-3-31(33,4-2)19-36-12-9-20(10-13-36)18-41-23-6-8-24(22(15-23)17-34)21-5-7-25(26(32)16-21)30(40)37-14-11-27(38)28(37)29(35)39/h5-8,15-16,20,27-28,30,38,40H,3-4,9-14,18-19H2,1-2H3,(H2,35,39)/t27-,28-,30?/m0/s1. The first-order valence-electron chi connectivity index (χ1n) is 14.4. The van der Waals surface area contributed by atoms with Gasteiger partial charge in [-0.05, 0) is 86.5 Å². The molecule has 41 heavy (non-hydrogen) atoms. The van der Waals surface area contributed by atoms with Crippen molar-refractivity contribution in [2.75, 3.05) is 32.8 Å². The number of nitrogens with two attached hydrogens (primary N) is 1. The van der Waals surface area contributed by atoms with Crippen LogP contribution in [0.15, 0.2) is 36.4 Å². The summed E-state index contributed by atoms with van der Waals surface area (Å²) >= 11 is 0. The number of carbonyl (C=O) groups is 1. The Morgan fingerprint density at radius 1 is 1.17 bits per heavy atom. The van der Waals surface area contributed by atoms with Gasteiger partial charge in [-0.25, -0.2) is 8.78 Å². The molecule has 0 saturated carbocycles. The van der Waals surface area contributed by atoms with Gasteiger partial charge in [0.1, 0.15) is 29.5 Å². The third-order valence-electron chi connectivity index (χ3n) is 8.68. The van der Waals surface area contributed by atoms with E-state index >= 15 is 4.39 Å². The average Bonchev–Trinajstić information content (AvgIpc) is 3.37. The Kier molecular flexibility index (Phi) is 9.97. The van der Waals surface area contributed by atoms with Crippen LogP contribution in [0.1, 0.15) is 63.3 Å². The Morgan fingerprint density at radius 2 is 1.88 bits per heavy atom. The molecule has 1 amide bonds. The highest BCUT2D eigenvalue weighted by molar-refractivity contribution is 5.81. The van der Waals surface area contributed by atoms with Crippen LogP contribution in [0.25, 0.3) is 11.1 Å². The fraction of sp³-hybridized carbons (Fsp3) is 0.548. The third kappa shape index (κ3) is 7.04. The SMILES string of the molecule is CCC(F)(CC)CN1CCC(COc2ccc(-c3ccc(C(O)N4CC[C@H](O)[C@H]4C(N)=O)c(F)c3)c(C#N)c2)CC1. The molecule has 2 aromatic rings. The second-order valence-electron chi connectivity index (χ2n) is 11.3. The molecule has 1 unspecified atom stereocenters. The number of aliphatic hydroxyl groups excluding tert-OH is 2. The van der Waals surface area contributed by atoms with E-state index in [2.05, 4.69) is 11.0 Å². The molecular formula is C31H40F2N4O4. The van der Waals surface area contributed by atoms with Crippen molar-refractivity contribution in [1.82, 2.24) is 9.80 Å². The molecule has 2 fully saturated rings. The van der Waals surface area contributed by atoms with E-state index in [1.165, 1.54) is 17.0 Å². The average molecular weight is 571 g/mol. The van der Waals surface area contributed by atoms with E-state index in [-0.39, 0.29) is 18.5 Å². The molecule has 3 atom stereocenters. The van der Waals surface area contributed by atoms with E-state index in [0.29, 0.717) is 54.4 Å². The van der Waals surface area contributed by atoms with E-state index in [1.54, 1.807) is 24.3 Å². The summed E-state index contributed by atoms with van der Waals surface area (Å²) in [5, 5.41) is 30.6. The van der Waals surface area contributed by atoms with Gasteiger partial charge in [0.05, 0.1) is 24.3 Å². The number of ether oxygens (including phenoxy) is 1. The van der Waals surface area contributed by atoms with Crippen molar-refractivity contribution in [3.8, 4) is 22.9 Å². The lowest BCUT2D eigenvalue weighted by atomic mass is 9.94. The number of rotatable bonds is 11. The molecule has 10 heteroatoms. The van der Waals surface area contributed by atoms with E-state index in [9.17, 15) is 24.7 Å². The molecule has 2 saturated heterocycles. The van der Waals surface area contributed by atoms with Gasteiger partial charge in [-0.2, -0.15) is 5.26 Å². The molecule has 0 aromatic heterocycles. The van der Waals surface area contributed by atoms with Gasteiger partial charge in [-0.15, -0.1) is 0 Å². The number of halogens is 2. The maximum Gasteiger partial charge on any atom is 0.237 e. The molecule has 222 valence electrons. The summed E-state index contributed by atoms with van der Waals surface area (Å²) in [6.45, 7) is 6.61. The minimum absolute atomic E-state index is 0.0554. The van der Waals surface area contributed by atoms with E-state index < -0.39 is 35.8 Å². The highest BCUT2D eigenvalue weighted by atomic mass is 19.1. The second-order valence-corrected chi connectivity index (χ2v) is 11.3. The zero-order valence-electron chi connectivity index (χ0n) is 23.7. The van der Waals surface area contributed by atoms with Gasteiger partial charge in [-0.3, -0.25) is 9.69 Å². The molecule has 0 aliphatic carbocycles. The van der Waals surface area contributed by atoms with E-state index in [0.717, 1.165) is 25.9 Å². The monoisotopic (exact) mass is 570 g/mol. The molecule has 8 nitrogen and oxygen atoms in total. The quantitative estimate of drug-likeness (QED) is 0.375. The number of alkyl halides is 1. The fourth-order valence-electron chi connectivity index (χ4n) is 5.87. The van der Waals surface area contributed by atoms with Crippen LogP contribution in [0, 0.1) is 23.1 Å². The number of amides is 1. The highest BCUT2D eigenvalue weighted by Crippen LogP contribution is 2.33. The Morgan fingerprint density at radius 3 is 2.49 bits per heavy atom. The number of likely N-dealkylation sites (tertiary alicyclic amines) is 2. The van der Waals surface area contributed by atoms with Crippen LogP contribution >= 0.6 is 0 Å². The van der Waals surface area contributed by atoms with Crippen LogP contribution < -0.4 is 10.5 Å². The van der Waals surface area contributed by atoms with Crippen LogP contribution in [0.2, 0.25) is 0 Å². The largest absolute Gasteiger partial charge is 0.493 e. The lowest BCUT2D eigenvalue weighted by Gasteiger charge is -2.36. The van der Waals surface area contributed by atoms with Crippen molar-refractivity contribution < 1.29 is 28.5 Å². The summed E-state index contributed by atoms with van der Waals surface area (Å²) in [5.41, 5.74) is 5.47. The first-order valence-corrected chi connectivity index (χ1v) is 14.4. The fourth-order valence-corrected chi connectivity index (χ4v) is 5.87. The van der Waals surface area contributed by atoms with Crippen LogP contribution in [0.5, 0.6) is 5.75 Å². The topological polar surface area (TPSA) is 123 Å². The van der Waals surface area contributed by atoms with Gasteiger partial charge in [-0.1, -0.05) is 26.0 Å². The molecule has 0 radical (unpaired) electrons. The Hall–Kier alpha value is -3.10. The van der Waals surface area contributed by atoms with Gasteiger partial charge >= 0.3 is 0 Å². The minimum atomic E-state index is -1.46. The van der Waals surface area contributed by atoms with Crippen molar-refractivity contribution >= 4 is 5.91 Å². The molecule has 2 heterocycles. The maximum atomic E-state index is 15.2. The van der Waals surface area contributed by atoms with E-state index in [1.807, 2.05) is 13.8 Å². The van der Waals surface area contributed by atoms with E-state index in [4.69, 9.17) is 10.5 Å². The number of benzene rings is 2. The number of carbonyl (C=O) groups excluding carboxylic acids is 1. The van der Waals surface area contributed by atoms with Gasteiger partial charge in [0.2, 0.25) is 5.91 Å². The van der Waals surface area contributed by atoms with Gasteiger partial charge < -0.3 is 25.6 Å². The number of aliphatic hydroxyl groups is 2. The normalized spacial score (nSPS) is 21.5. The van der Waals surface area contributed by atoms with Crippen LogP contribution in [-0.4, -0.2) is 76.5 Å². The van der Waals surface area contributed by atoms with Crippen LogP contribution in [-0.2, 0) is 4.79 Å². The lowest BCUT2D eigenvalue weighted by molar-refractivity contribution is -0.129. The predicted molar refractivity (Wildman–Crippen MR) is 151 cm³/mol. The predicted octanol–water partition coefficient (Wildman–Crippen LogP) is 3.89. The number of nitriles is 1. The molecule has 2 aliphatic heterocycles. The molecule has 0 bridgehead atoms. The number of piperidine rings is 1. The first kappa shape index (κ1) is 30.8. The summed E-state index contributed by atoms with van der Waals surface area (Å²) in [5.74, 6) is -0.611. The van der Waals surface area contributed by atoms with Crippen molar-refractivity contribution in [2.24, 2.45) is 11.7 Å². The highest BCUT2D eigenvalue weighted by Gasteiger charge is 2.41. The second kappa shape index (κ2) is 13.3. The number of hydrogen-bond acceptors (Lipinski definition) is 7. The summed E-state index contributed by atoms with van der Waals surface area (Å²) in [6.07, 6.45) is 0.615. The summed E-state index contributed by atoms with van der Waals surface area (Å²) < 4.78 is 36.0. The Balaban J connectivity index is 1.39. The minimum Gasteiger partial charge on any atom is -0.493 e. The van der Waals surface area contributed by atoms with Crippen LogP contribution in [0.3, 0.4) is 0 Å². The zero-order chi connectivity index (χ0) is 29.7. The van der Waals surface area contributed by atoms with Crippen molar-refractivity contribution in [3.05, 3.63) is 53.3 Å². The third-order valence-corrected chi connectivity index (χ3v) is 8.68. The number of hydrogen-bond donors (Lipinski definition) is 3. The first-order chi connectivity index (χ1) is 19.6. The smallest absolute Gasteiger partial charge is 0.237 e. The Labute approximate surface area is 240 Å². The number of primary amides is 1. The molecule has 4 rings (SSSR count). The zero-order valence-corrected chi connectivity index (χ0v) is 23.7. The maximum absolute atomic E-state index is 15.2. The van der Waals surface area contributed by atoms with Crippen molar-refractivity contribution in [2.45, 2.75) is 70.0 Å². The number of nitrogens with zero attached hydrogens (tertiary/aromatic N) is 3. The molecule has 2 aliphatic rings. The van der Waals surface area contributed by atoms with Gasteiger partial charge in [0.25, 0.3) is 0 Å². The van der Waals surface area contributed by atoms with Gasteiger partial charge in [0, 0.05) is 18.7 Å². The summed E-state index contributed by atoms with van der Waals surface area (Å²) in [6, 6.07) is 10.4. The van der Waals surface area contributed by atoms with Crippen molar-refractivity contribution in [1.29, 1.82) is 5.26 Å². The molecule has 0 spiro atoms. The summed E-state index contributed by atoms with van der Waals surface area (Å²) in [4.78, 5) is 15.2. The Bertz CT molecular complexity index is 1260. The molecule has 4 N–H and O–H groups in total. The lowest BCUT2D eigenvalue weighted by Crippen LogP contribution is -2.47.